The van der Waals surface area contributed by atoms with Crippen molar-refractivity contribution in [1.29, 1.82) is 0 Å². The van der Waals surface area contributed by atoms with E-state index in [-0.39, 0.29) is 11.7 Å². The molecule has 2 aromatic carbocycles. The average molecular weight is 348 g/mol. The van der Waals surface area contributed by atoms with Crippen molar-refractivity contribution >= 4 is 16.9 Å². The lowest BCUT2D eigenvalue weighted by molar-refractivity contribution is 0.0954. The van der Waals surface area contributed by atoms with E-state index in [1.54, 1.807) is 18.2 Å². The lowest BCUT2D eigenvalue weighted by atomic mass is 10.2. The van der Waals surface area contributed by atoms with Crippen LogP contribution >= 0.6 is 0 Å². The molecule has 2 N–H and O–H groups in total. The van der Waals surface area contributed by atoms with Gasteiger partial charge in [0, 0.05) is 36.6 Å². The van der Waals surface area contributed by atoms with Crippen molar-refractivity contribution in [1.82, 2.24) is 19.9 Å². The first-order chi connectivity index (χ1) is 12.7. The minimum atomic E-state index is -0.302. The molecule has 26 heavy (non-hydrogen) atoms. The summed E-state index contributed by atoms with van der Waals surface area (Å²) < 4.78 is 15.2. The van der Waals surface area contributed by atoms with Gasteiger partial charge in [-0.3, -0.25) is 4.79 Å². The van der Waals surface area contributed by atoms with Crippen molar-refractivity contribution < 1.29 is 9.18 Å². The molecule has 2 aromatic heterocycles. The van der Waals surface area contributed by atoms with Crippen LogP contribution in [0.3, 0.4) is 0 Å². The largest absolute Gasteiger partial charge is 0.352 e. The average Bonchev–Trinajstić information content (AvgIpc) is 3.31. The number of carbonyl (C=O) groups is 1. The molecule has 0 bridgehead atoms. The van der Waals surface area contributed by atoms with Crippen LogP contribution in [-0.2, 0) is 6.42 Å². The molecule has 130 valence electrons. The summed E-state index contributed by atoms with van der Waals surface area (Å²) in [5.74, 6) is 0.282. The third-order valence-corrected chi connectivity index (χ3v) is 4.17. The Balaban J connectivity index is 1.35. The highest BCUT2D eigenvalue weighted by atomic mass is 19.1. The minimum absolute atomic E-state index is 0.133. The number of hydrogen-bond acceptors (Lipinski definition) is 2. The Morgan fingerprint density at radius 1 is 1.12 bits per heavy atom. The van der Waals surface area contributed by atoms with Crippen molar-refractivity contribution in [2.45, 2.75) is 6.42 Å². The minimum Gasteiger partial charge on any atom is -0.352 e. The van der Waals surface area contributed by atoms with Crippen LogP contribution in [0.2, 0.25) is 0 Å². The van der Waals surface area contributed by atoms with Gasteiger partial charge in [0.05, 0.1) is 11.0 Å². The molecule has 0 fully saturated rings. The number of aromatic amines is 1. The maximum absolute atomic E-state index is 13.2. The number of halogens is 1. The number of imidazole rings is 1. The number of amides is 1. The Labute approximate surface area is 149 Å². The van der Waals surface area contributed by atoms with E-state index in [1.807, 2.05) is 41.2 Å². The Hall–Kier alpha value is -3.41. The second kappa shape index (κ2) is 6.84. The summed E-state index contributed by atoms with van der Waals surface area (Å²) in [6.45, 7) is 0.445. The molecule has 1 amide bonds. The fourth-order valence-electron chi connectivity index (χ4n) is 2.84. The molecular weight excluding hydrogens is 331 g/mol. The number of nitrogens with zero attached hydrogens (tertiary/aromatic N) is 2. The molecule has 0 saturated heterocycles. The maximum atomic E-state index is 13.2. The zero-order valence-electron chi connectivity index (χ0n) is 13.9. The predicted octanol–water partition coefficient (Wildman–Crippen LogP) is 3.47. The second-order valence-corrected chi connectivity index (χ2v) is 5.99. The second-order valence-electron chi connectivity index (χ2n) is 5.99. The summed E-state index contributed by atoms with van der Waals surface area (Å²) in [7, 11) is 0. The fraction of sp³-hybridized carbons (Fsp3) is 0.100. The van der Waals surface area contributed by atoms with Crippen molar-refractivity contribution in [2.75, 3.05) is 6.54 Å². The number of hydrogen-bond donors (Lipinski definition) is 2. The van der Waals surface area contributed by atoms with E-state index in [9.17, 15) is 9.18 Å². The molecule has 0 aliphatic heterocycles. The summed E-state index contributed by atoms with van der Waals surface area (Å²) in [6.07, 6.45) is 4.45. The van der Waals surface area contributed by atoms with E-state index in [2.05, 4.69) is 15.3 Å². The summed E-state index contributed by atoms with van der Waals surface area (Å²) in [6, 6.07) is 15.7. The zero-order valence-corrected chi connectivity index (χ0v) is 13.9. The van der Waals surface area contributed by atoms with E-state index in [1.165, 1.54) is 12.1 Å². The van der Waals surface area contributed by atoms with Crippen LogP contribution in [0.1, 0.15) is 16.2 Å². The van der Waals surface area contributed by atoms with Crippen LogP contribution in [0, 0.1) is 5.82 Å². The van der Waals surface area contributed by atoms with Gasteiger partial charge in [0.25, 0.3) is 5.91 Å². The molecule has 4 aromatic rings. The first-order valence-electron chi connectivity index (χ1n) is 8.35. The summed E-state index contributed by atoms with van der Waals surface area (Å²) in [4.78, 5) is 19.7. The molecule has 6 heteroatoms. The molecular formula is C20H17FN4O. The Kier molecular flexibility index (Phi) is 4.23. The summed E-state index contributed by atoms with van der Waals surface area (Å²) in [5.41, 5.74) is 2.98. The Bertz CT molecular complexity index is 1040. The van der Waals surface area contributed by atoms with Crippen molar-refractivity contribution in [3.05, 3.63) is 84.2 Å². The van der Waals surface area contributed by atoms with Gasteiger partial charge >= 0.3 is 0 Å². The molecule has 2 heterocycles. The van der Waals surface area contributed by atoms with Crippen LogP contribution in [0.15, 0.2) is 67.0 Å². The van der Waals surface area contributed by atoms with Gasteiger partial charge in [-0.25, -0.2) is 9.37 Å². The van der Waals surface area contributed by atoms with Crippen LogP contribution in [0.4, 0.5) is 4.39 Å². The highest BCUT2D eigenvalue weighted by Crippen LogP contribution is 2.13. The monoisotopic (exact) mass is 348 g/mol. The highest BCUT2D eigenvalue weighted by Gasteiger charge is 2.07. The van der Waals surface area contributed by atoms with Crippen LogP contribution < -0.4 is 5.32 Å². The lowest BCUT2D eigenvalue weighted by Gasteiger charge is -2.06. The van der Waals surface area contributed by atoms with Gasteiger partial charge in [0.2, 0.25) is 0 Å². The topological polar surface area (TPSA) is 62.7 Å². The number of aromatic nitrogens is 3. The third-order valence-electron chi connectivity index (χ3n) is 4.17. The van der Waals surface area contributed by atoms with E-state index in [4.69, 9.17) is 0 Å². The van der Waals surface area contributed by atoms with Crippen molar-refractivity contribution in [3.63, 3.8) is 0 Å². The molecule has 0 unspecified atom stereocenters. The predicted molar refractivity (Wildman–Crippen MR) is 97.9 cm³/mol. The Morgan fingerprint density at radius 2 is 1.88 bits per heavy atom. The molecule has 5 nitrogen and oxygen atoms in total. The molecule has 0 atom stereocenters. The van der Waals surface area contributed by atoms with Crippen LogP contribution in [0.25, 0.3) is 16.7 Å². The number of nitrogens with one attached hydrogen (secondary N) is 2. The van der Waals surface area contributed by atoms with Gasteiger partial charge < -0.3 is 14.9 Å². The Morgan fingerprint density at radius 3 is 2.65 bits per heavy atom. The van der Waals surface area contributed by atoms with Gasteiger partial charge in [-0.2, -0.15) is 0 Å². The number of rotatable bonds is 5. The number of H-pyrrole nitrogens is 1. The van der Waals surface area contributed by atoms with Gasteiger partial charge in [-0.15, -0.1) is 0 Å². The van der Waals surface area contributed by atoms with Crippen LogP contribution in [-0.4, -0.2) is 27.0 Å². The third kappa shape index (κ3) is 3.35. The molecule has 0 aliphatic rings. The zero-order chi connectivity index (χ0) is 17.9. The summed E-state index contributed by atoms with van der Waals surface area (Å²) >= 11 is 0. The van der Waals surface area contributed by atoms with Gasteiger partial charge in [0.1, 0.15) is 11.6 Å². The molecule has 4 rings (SSSR count). The molecule has 0 spiro atoms. The lowest BCUT2D eigenvalue weighted by Crippen LogP contribution is -2.25. The fourth-order valence-corrected chi connectivity index (χ4v) is 2.84. The number of fused-ring (bicyclic) bond motifs is 1. The molecule has 0 radical (unpaired) electrons. The summed E-state index contributed by atoms with van der Waals surface area (Å²) in [5, 5.41) is 2.88. The number of carbonyl (C=O) groups excluding carboxylic acids is 1. The van der Waals surface area contributed by atoms with E-state index in [0.717, 1.165) is 5.69 Å². The van der Waals surface area contributed by atoms with Crippen molar-refractivity contribution in [3.8, 4) is 5.69 Å². The number of benzene rings is 2. The normalized spacial score (nSPS) is 11.0. The van der Waals surface area contributed by atoms with E-state index >= 15 is 0 Å². The first-order valence-corrected chi connectivity index (χ1v) is 8.35. The van der Waals surface area contributed by atoms with E-state index in [0.29, 0.717) is 35.4 Å². The molecule has 0 aliphatic carbocycles. The van der Waals surface area contributed by atoms with Crippen molar-refractivity contribution in [2.24, 2.45) is 0 Å². The van der Waals surface area contributed by atoms with Gasteiger partial charge in [-0.1, -0.05) is 0 Å². The smallest absolute Gasteiger partial charge is 0.251 e. The quantitative estimate of drug-likeness (QED) is 0.580. The standard InChI is InChI=1S/C20H17FN4O/c21-15-5-8-17-18(13-15)24-19(23-17)9-10-22-20(26)14-3-6-16(7-4-14)25-11-1-2-12-25/h1-8,11-13H,9-10H2,(H,22,26)(H,23,24). The van der Waals surface area contributed by atoms with Crippen LogP contribution in [0.5, 0.6) is 0 Å². The molecule has 0 saturated carbocycles. The highest BCUT2D eigenvalue weighted by molar-refractivity contribution is 5.94. The van der Waals surface area contributed by atoms with E-state index < -0.39 is 0 Å². The van der Waals surface area contributed by atoms with Gasteiger partial charge in [0.15, 0.2) is 0 Å². The maximum Gasteiger partial charge on any atom is 0.251 e. The first kappa shape index (κ1) is 16.1. The van der Waals surface area contributed by atoms with Gasteiger partial charge in [-0.05, 0) is 54.6 Å². The SMILES string of the molecule is O=C(NCCc1nc2ccc(F)cc2[nH]1)c1ccc(-n2cccc2)cc1.